The predicted octanol–water partition coefficient (Wildman–Crippen LogP) is 0.912. The summed E-state index contributed by atoms with van der Waals surface area (Å²) in [6, 6.07) is 5.59. The number of sulfonamides is 1. The molecule has 1 aromatic carbocycles. The van der Waals surface area contributed by atoms with E-state index in [0.717, 1.165) is 24.9 Å². The van der Waals surface area contributed by atoms with Crippen LogP contribution in [0.1, 0.15) is 28.8 Å². The van der Waals surface area contributed by atoms with Crippen LogP contribution in [0, 0.1) is 0 Å². The van der Waals surface area contributed by atoms with Gasteiger partial charge in [0.2, 0.25) is 10.0 Å². The summed E-state index contributed by atoms with van der Waals surface area (Å²) in [6.07, 6.45) is 4.10. The highest BCUT2D eigenvalue weighted by Gasteiger charge is 2.26. The minimum absolute atomic E-state index is 0. The first-order valence-corrected chi connectivity index (χ1v) is 9.42. The highest BCUT2D eigenvalue weighted by Crippen LogP contribution is 2.30. The van der Waals surface area contributed by atoms with Crippen LogP contribution in [0.2, 0.25) is 0 Å². The van der Waals surface area contributed by atoms with Crippen molar-refractivity contribution in [2.24, 2.45) is 0 Å². The Morgan fingerprint density at radius 2 is 2.22 bits per heavy atom. The number of halogens is 1. The standard InChI is InChI=1S/C15H21N3O3S.ClH/c1-22(20,21)18-8-6-11-9-12(4-5-14(11)18)15(19)17-10-13-3-2-7-16-13;/h4-5,9,13,16H,2-3,6-8,10H2,1H3,(H,17,19);1H. The van der Waals surface area contributed by atoms with Crippen molar-refractivity contribution >= 4 is 34.0 Å². The molecule has 128 valence electrons. The van der Waals surface area contributed by atoms with Gasteiger partial charge in [-0.1, -0.05) is 0 Å². The molecule has 1 saturated heterocycles. The van der Waals surface area contributed by atoms with Crippen LogP contribution in [-0.4, -0.2) is 46.3 Å². The molecule has 1 unspecified atom stereocenters. The van der Waals surface area contributed by atoms with Gasteiger partial charge in [0.25, 0.3) is 5.91 Å². The summed E-state index contributed by atoms with van der Waals surface area (Å²) in [6.45, 7) is 2.09. The number of hydrogen-bond acceptors (Lipinski definition) is 4. The first-order chi connectivity index (χ1) is 10.4. The molecular formula is C15H22ClN3O3S. The molecule has 3 rings (SSSR count). The number of benzene rings is 1. The summed E-state index contributed by atoms with van der Waals surface area (Å²) in [5.41, 5.74) is 2.20. The number of nitrogens with zero attached hydrogens (tertiary/aromatic N) is 1. The van der Waals surface area contributed by atoms with Crippen LogP contribution in [0.3, 0.4) is 0 Å². The van der Waals surface area contributed by atoms with Crippen molar-refractivity contribution < 1.29 is 13.2 Å². The number of rotatable bonds is 4. The van der Waals surface area contributed by atoms with E-state index in [1.54, 1.807) is 18.2 Å². The molecule has 0 radical (unpaired) electrons. The monoisotopic (exact) mass is 359 g/mol. The van der Waals surface area contributed by atoms with Crippen molar-refractivity contribution in [3.8, 4) is 0 Å². The van der Waals surface area contributed by atoms with Crippen molar-refractivity contribution in [2.45, 2.75) is 25.3 Å². The second-order valence-corrected chi connectivity index (χ2v) is 7.84. The van der Waals surface area contributed by atoms with E-state index in [1.807, 2.05) is 0 Å². The number of hydrogen-bond donors (Lipinski definition) is 2. The first-order valence-electron chi connectivity index (χ1n) is 7.57. The SMILES string of the molecule is CS(=O)(=O)N1CCc2cc(C(=O)NCC3CCCN3)ccc21.Cl. The van der Waals surface area contributed by atoms with E-state index in [1.165, 1.54) is 10.6 Å². The summed E-state index contributed by atoms with van der Waals surface area (Å²) in [5.74, 6) is -0.102. The molecule has 0 bridgehead atoms. The molecule has 8 heteroatoms. The molecule has 1 aromatic rings. The van der Waals surface area contributed by atoms with E-state index >= 15 is 0 Å². The Bertz CT molecular complexity index is 687. The van der Waals surface area contributed by atoms with Gasteiger partial charge in [-0.2, -0.15) is 0 Å². The van der Waals surface area contributed by atoms with Gasteiger partial charge in [0, 0.05) is 24.7 Å². The molecule has 0 aromatic heterocycles. The lowest BCUT2D eigenvalue weighted by Crippen LogP contribution is -2.37. The molecule has 0 saturated carbocycles. The molecule has 0 aliphatic carbocycles. The maximum atomic E-state index is 12.2. The molecule has 2 aliphatic rings. The van der Waals surface area contributed by atoms with Crippen LogP contribution in [0.15, 0.2) is 18.2 Å². The quantitative estimate of drug-likeness (QED) is 0.837. The van der Waals surface area contributed by atoms with E-state index in [9.17, 15) is 13.2 Å². The highest BCUT2D eigenvalue weighted by molar-refractivity contribution is 7.92. The number of anilines is 1. The maximum absolute atomic E-state index is 12.2. The minimum atomic E-state index is -3.25. The molecule has 0 spiro atoms. The Labute approximate surface area is 143 Å². The topological polar surface area (TPSA) is 78.5 Å². The van der Waals surface area contributed by atoms with Crippen molar-refractivity contribution in [3.63, 3.8) is 0 Å². The van der Waals surface area contributed by atoms with E-state index in [2.05, 4.69) is 10.6 Å². The van der Waals surface area contributed by atoms with Gasteiger partial charge in [-0.05, 0) is 49.6 Å². The molecule has 2 heterocycles. The van der Waals surface area contributed by atoms with Gasteiger partial charge in [0.1, 0.15) is 0 Å². The Kier molecular flexibility index (Phi) is 5.54. The third-order valence-corrected chi connectivity index (χ3v) is 5.45. The Morgan fingerprint density at radius 3 is 2.87 bits per heavy atom. The van der Waals surface area contributed by atoms with Crippen LogP contribution in [-0.2, 0) is 16.4 Å². The molecule has 23 heavy (non-hydrogen) atoms. The van der Waals surface area contributed by atoms with Gasteiger partial charge in [-0.15, -0.1) is 12.4 Å². The fraction of sp³-hybridized carbons (Fsp3) is 0.533. The lowest BCUT2D eigenvalue weighted by Gasteiger charge is -2.16. The second kappa shape index (κ2) is 7.07. The van der Waals surface area contributed by atoms with Crippen LogP contribution < -0.4 is 14.9 Å². The van der Waals surface area contributed by atoms with Crippen LogP contribution >= 0.6 is 12.4 Å². The smallest absolute Gasteiger partial charge is 0.251 e. The maximum Gasteiger partial charge on any atom is 0.251 e. The molecule has 2 aliphatic heterocycles. The normalized spacial score (nSPS) is 20.0. The second-order valence-electron chi connectivity index (χ2n) is 5.93. The summed E-state index contributed by atoms with van der Waals surface area (Å²) in [5, 5.41) is 6.28. The lowest BCUT2D eigenvalue weighted by atomic mass is 10.1. The summed E-state index contributed by atoms with van der Waals surface area (Å²) < 4.78 is 24.8. The van der Waals surface area contributed by atoms with E-state index in [0.29, 0.717) is 36.8 Å². The average Bonchev–Trinajstić information content (AvgIpc) is 3.12. The number of amides is 1. The Morgan fingerprint density at radius 1 is 1.43 bits per heavy atom. The zero-order valence-corrected chi connectivity index (χ0v) is 14.7. The molecule has 6 nitrogen and oxygen atoms in total. The predicted molar refractivity (Wildman–Crippen MR) is 92.9 cm³/mol. The molecule has 1 amide bonds. The van der Waals surface area contributed by atoms with Crippen molar-refractivity contribution in [1.82, 2.24) is 10.6 Å². The van der Waals surface area contributed by atoms with Crippen LogP contribution in [0.25, 0.3) is 0 Å². The zero-order chi connectivity index (χ0) is 15.7. The van der Waals surface area contributed by atoms with Gasteiger partial charge in [0.15, 0.2) is 0 Å². The zero-order valence-electron chi connectivity index (χ0n) is 13.0. The van der Waals surface area contributed by atoms with Gasteiger partial charge in [-0.3, -0.25) is 9.10 Å². The van der Waals surface area contributed by atoms with E-state index in [-0.39, 0.29) is 18.3 Å². The van der Waals surface area contributed by atoms with Gasteiger partial charge in [-0.25, -0.2) is 8.42 Å². The first kappa shape index (κ1) is 18.0. The molecule has 2 N–H and O–H groups in total. The van der Waals surface area contributed by atoms with E-state index in [4.69, 9.17) is 0 Å². The largest absolute Gasteiger partial charge is 0.350 e. The summed E-state index contributed by atoms with van der Waals surface area (Å²) in [4.78, 5) is 12.2. The Hall–Kier alpha value is -1.31. The molecule has 1 atom stereocenters. The third kappa shape index (κ3) is 3.97. The number of carbonyl (C=O) groups excluding carboxylic acids is 1. The van der Waals surface area contributed by atoms with Gasteiger partial charge >= 0.3 is 0 Å². The van der Waals surface area contributed by atoms with Crippen molar-refractivity contribution in [2.75, 3.05) is 30.2 Å². The Balaban J connectivity index is 0.00000192. The lowest BCUT2D eigenvalue weighted by molar-refractivity contribution is 0.0950. The highest BCUT2D eigenvalue weighted by atomic mass is 35.5. The van der Waals surface area contributed by atoms with Crippen LogP contribution in [0.4, 0.5) is 5.69 Å². The third-order valence-electron chi connectivity index (χ3n) is 4.27. The summed E-state index contributed by atoms with van der Waals surface area (Å²) in [7, 11) is -3.25. The number of carbonyl (C=O) groups is 1. The van der Waals surface area contributed by atoms with E-state index < -0.39 is 10.0 Å². The number of nitrogens with one attached hydrogen (secondary N) is 2. The fourth-order valence-electron chi connectivity index (χ4n) is 3.11. The fourth-order valence-corrected chi connectivity index (χ4v) is 4.06. The molecular weight excluding hydrogens is 338 g/mol. The minimum Gasteiger partial charge on any atom is -0.350 e. The number of fused-ring (bicyclic) bond motifs is 1. The molecule has 1 fully saturated rings. The van der Waals surface area contributed by atoms with Gasteiger partial charge in [0.05, 0.1) is 11.9 Å². The average molecular weight is 360 g/mol. The van der Waals surface area contributed by atoms with Crippen molar-refractivity contribution in [1.29, 1.82) is 0 Å². The van der Waals surface area contributed by atoms with Gasteiger partial charge < -0.3 is 10.6 Å². The van der Waals surface area contributed by atoms with Crippen LogP contribution in [0.5, 0.6) is 0 Å². The van der Waals surface area contributed by atoms with Crippen molar-refractivity contribution in [3.05, 3.63) is 29.3 Å². The summed E-state index contributed by atoms with van der Waals surface area (Å²) >= 11 is 0.